The number of hydrogen-bond acceptors (Lipinski definition) is 3. The number of nitrogens with zero attached hydrogens (tertiary/aromatic N) is 2. The van der Waals surface area contributed by atoms with E-state index in [-0.39, 0.29) is 17.4 Å². The third kappa shape index (κ3) is 3.61. The van der Waals surface area contributed by atoms with Crippen LogP contribution >= 0.6 is 11.6 Å². The third-order valence-corrected chi connectivity index (χ3v) is 5.19. The summed E-state index contributed by atoms with van der Waals surface area (Å²) >= 11 is 6.21. The SMILES string of the molecule is CCc1ccc(C2CCN(c3c(Cl)cccc3[N+](=O)[O-])CC2)c(F)c1. The molecule has 0 N–H and O–H groups in total. The average Bonchev–Trinajstić information content (AvgIpc) is 2.61. The minimum absolute atomic E-state index is 0.0180. The van der Waals surface area contributed by atoms with Crippen LogP contribution < -0.4 is 4.90 Å². The standard InChI is InChI=1S/C19H20ClFN2O2/c1-2-13-6-7-15(17(21)12-13)14-8-10-22(11-9-14)19-16(20)4-3-5-18(19)23(24)25/h3-7,12,14H,2,8-11H2,1H3. The Hall–Kier alpha value is -2.14. The van der Waals surface area contributed by atoms with E-state index in [4.69, 9.17) is 11.6 Å². The van der Waals surface area contributed by atoms with Crippen molar-refractivity contribution in [1.29, 1.82) is 0 Å². The van der Waals surface area contributed by atoms with Gasteiger partial charge in [-0.05, 0) is 48.4 Å². The molecule has 0 aliphatic carbocycles. The highest BCUT2D eigenvalue weighted by Crippen LogP contribution is 2.39. The lowest BCUT2D eigenvalue weighted by Crippen LogP contribution is -2.33. The Morgan fingerprint density at radius 3 is 2.60 bits per heavy atom. The summed E-state index contributed by atoms with van der Waals surface area (Å²) in [6, 6.07) is 10.2. The van der Waals surface area contributed by atoms with E-state index in [1.54, 1.807) is 18.2 Å². The van der Waals surface area contributed by atoms with Crippen LogP contribution in [0.1, 0.15) is 36.8 Å². The average molecular weight is 363 g/mol. The van der Waals surface area contributed by atoms with Crippen LogP contribution in [-0.4, -0.2) is 18.0 Å². The smallest absolute Gasteiger partial charge is 0.294 e. The second-order valence-electron chi connectivity index (χ2n) is 6.34. The summed E-state index contributed by atoms with van der Waals surface area (Å²) in [6.07, 6.45) is 2.29. The second kappa shape index (κ2) is 7.40. The maximum Gasteiger partial charge on any atom is 0.294 e. The minimum atomic E-state index is -0.406. The van der Waals surface area contributed by atoms with Crippen molar-refractivity contribution in [1.82, 2.24) is 0 Å². The van der Waals surface area contributed by atoms with Gasteiger partial charge in [0, 0.05) is 19.2 Å². The van der Waals surface area contributed by atoms with Crippen LogP contribution in [-0.2, 0) is 6.42 Å². The van der Waals surface area contributed by atoms with Crippen molar-refractivity contribution in [2.24, 2.45) is 0 Å². The Bertz CT molecular complexity index is 789. The minimum Gasteiger partial charge on any atom is -0.365 e. The van der Waals surface area contributed by atoms with Crippen molar-refractivity contribution in [3.63, 3.8) is 0 Å². The highest BCUT2D eigenvalue weighted by molar-refractivity contribution is 6.33. The van der Waals surface area contributed by atoms with Crippen molar-refractivity contribution in [2.75, 3.05) is 18.0 Å². The molecule has 1 aliphatic heterocycles. The van der Waals surface area contributed by atoms with Crippen LogP contribution in [0.25, 0.3) is 0 Å². The Kier molecular flexibility index (Phi) is 5.23. The molecule has 1 aliphatic rings. The van der Waals surface area contributed by atoms with E-state index in [9.17, 15) is 14.5 Å². The normalized spacial score (nSPS) is 15.4. The first kappa shape index (κ1) is 17.7. The summed E-state index contributed by atoms with van der Waals surface area (Å²) in [6.45, 7) is 3.23. The highest BCUT2D eigenvalue weighted by atomic mass is 35.5. The number of nitro benzene ring substituents is 1. The number of hydrogen-bond donors (Lipinski definition) is 0. The number of aryl methyl sites for hydroxylation is 1. The van der Waals surface area contributed by atoms with Gasteiger partial charge in [0.15, 0.2) is 0 Å². The Morgan fingerprint density at radius 1 is 1.28 bits per heavy atom. The van der Waals surface area contributed by atoms with Gasteiger partial charge in [-0.2, -0.15) is 0 Å². The number of piperidine rings is 1. The van der Waals surface area contributed by atoms with Gasteiger partial charge in [-0.1, -0.05) is 36.7 Å². The van der Waals surface area contributed by atoms with Crippen LogP contribution in [0.4, 0.5) is 15.8 Å². The molecule has 0 bridgehead atoms. The zero-order valence-corrected chi connectivity index (χ0v) is 14.8. The summed E-state index contributed by atoms with van der Waals surface area (Å²) in [4.78, 5) is 12.8. The lowest BCUT2D eigenvalue weighted by atomic mass is 9.88. The van der Waals surface area contributed by atoms with Gasteiger partial charge in [0.2, 0.25) is 0 Å². The van der Waals surface area contributed by atoms with E-state index in [1.165, 1.54) is 6.07 Å². The first-order valence-corrected chi connectivity index (χ1v) is 8.85. The van der Waals surface area contributed by atoms with E-state index in [0.717, 1.165) is 30.4 Å². The van der Waals surface area contributed by atoms with Gasteiger partial charge in [0.05, 0.1) is 9.95 Å². The number of anilines is 1. The number of nitro groups is 1. The largest absolute Gasteiger partial charge is 0.365 e. The fraction of sp³-hybridized carbons (Fsp3) is 0.368. The molecule has 132 valence electrons. The Morgan fingerprint density at radius 2 is 2.00 bits per heavy atom. The fourth-order valence-electron chi connectivity index (χ4n) is 3.50. The van der Waals surface area contributed by atoms with Crippen LogP contribution in [0.5, 0.6) is 0 Å². The maximum atomic E-state index is 14.4. The molecule has 25 heavy (non-hydrogen) atoms. The lowest BCUT2D eigenvalue weighted by Gasteiger charge is -2.34. The number of benzene rings is 2. The Balaban J connectivity index is 1.78. The van der Waals surface area contributed by atoms with Gasteiger partial charge in [-0.3, -0.25) is 10.1 Å². The Labute approximate surface area is 151 Å². The fourth-order valence-corrected chi connectivity index (χ4v) is 3.79. The van der Waals surface area contributed by atoms with Crippen LogP contribution in [0, 0.1) is 15.9 Å². The molecule has 1 heterocycles. The highest BCUT2D eigenvalue weighted by Gasteiger charge is 2.28. The van der Waals surface area contributed by atoms with Gasteiger partial charge < -0.3 is 4.90 Å². The van der Waals surface area contributed by atoms with Gasteiger partial charge >= 0.3 is 0 Å². The molecule has 0 atom stereocenters. The number of halogens is 2. The molecule has 0 unspecified atom stereocenters. The van der Waals surface area contributed by atoms with E-state index in [0.29, 0.717) is 23.8 Å². The van der Waals surface area contributed by atoms with Gasteiger partial charge in [-0.15, -0.1) is 0 Å². The zero-order chi connectivity index (χ0) is 18.0. The summed E-state index contributed by atoms with van der Waals surface area (Å²) in [5.74, 6) is -0.0229. The monoisotopic (exact) mass is 362 g/mol. The van der Waals surface area contributed by atoms with Crippen LogP contribution in [0.2, 0.25) is 5.02 Å². The molecular formula is C19H20ClFN2O2. The summed E-state index contributed by atoms with van der Waals surface area (Å²) < 4.78 is 14.4. The van der Waals surface area contributed by atoms with Crippen molar-refractivity contribution in [3.8, 4) is 0 Å². The van der Waals surface area contributed by atoms with Crippen LogP contribution in [0.15, 0.2) is 36.4 Å². The molecule has 0 radical (unpaired) electrons. The summed E-state index contributed by atoms with van der Waals surface area (Å²) in [7, 11) is 0. The molecule has 0 amide bonds. The molecule has 6 heteroatoms. The van der Waals surface area contributed by atoms with Crippen molar-refractivity contribution in [3.05, 3.63) is 68.5 Å². The maximum absolute atomic E-state index is 14.4. The predicted molar refractivity (Wildman–Crippen MR) is 98.1 cm³/mol. The second-order valence-corrected chi connectivity index (χ2v) is 6.74. The molecular weight excluding hydrogens is 343 g/mol. The molecule has 0 spiro atoms. The first-order valence-electron chi connectivity index (χ1n) is 8.47. The zero-order valence-electron chi connectivity index (χ0n) is 14.0. The quantitative estimate of drug-likeness (QED) is 0.545. The van der Waals surface area contributed by atoms with E-state index >= 15 is 0 Å². The molecule has 1 saturated heterocycles. The molecule has 2 aromatic carbocycles. The first-order chi connectivity index (χ1) is 12.0. The number of rotatable bonds is 4. The van der Waals surface area contributed by atoms with Gasteiger partial charge in [0.25, 0.3) is 5.69 Å². The van der Waals surface area contributed by atoms with Gasteiger partial charge in [0.1, 0.15) is 11.5 Å². The predicted octanol–water partition coefficient (Wildman–Crippen LogP) is 5.33. The van der Waals surface area contributed by atoms with E-state index < -0.39 is 4.92 Å². The van der Waals surface area contributed by atoms with Gasteiger partial charge in [-0.25, -0.2) is 4.39 Å². The topological polar surface area (TPSA) is 46.4 Å². The molecule has 0 saturated carbocycles. The number of para-hydroxylation sites is 1. The third-order valence-electron chi connectivity index (χ3n) is 4.89. The van der Waals surface area contributed by atoms with Crippen LogP contribution in [0.3, 0.4) is 0 Å². The molecule has 4 nitrogen and oxygen atoms in total. The van der Waals surface area contributed by atoms with Crippen molar-refractivity contribution >= 4 is 23.0 Å². The lowest BCUT2D eigenvalue weighted by molar-refractivity contribution is -0.384. The summed E-state index contributed by atoms with van der Waals surface area (Å²) in [5.41, 5.74) is 2.22. The van der Waals surface area contributed by atoms with Crippen molar-refractivity contribution in [2.45, 2.75) is 32.1 Å². The summed E-state index contributed by atoms with van der Waals surface area (Å²) in [5, 5.41) is 11.7. The molecule has 2 aromatic rings. The molecule has 1 fully saturated rings. The van der Waals surface area contributed by atoms with Crippen molar-refractivity contribution < 1.29 is 9.31 Å². The van der Waals surface area contributed by atoms with E-state index in [1.807, 2.05) is 24.0 Å². The molecule has 0 aromatic heterocycles. The van der Waals surface area contributed by atoms with E-state index in [2.05, 4.69) is 0 Å². The molecule has 3 rings (SSSR count).